The van der Waals surface area contributed by atoms with E-state index in [1.54, 1.807) is 11.8 Å². The highest BCUT2D eigenvalue weighted by Crippen LogP contribution is 2.22. The number of thiocarbonyl (C=S) groups is 1. The monoisotopic (exact) mass is 308 g/mol. The van der Waals surface area contributed by atoms with Gasteiger partial charge in [-0.3, -0.25) is 4.79 Å². The van der Waals surface area contributed by atoms with Crippen LogP contribution in [0.2, 0.25) is 0 Å². The first-order valence-corrected chi connectivity index (χ1v) is 7.11. The average molecular weight is 309 g/mol. The maximum absolute atomic E-state index is 10.3. The fourth-order valence-corrected chi connectivity index (χ4v) is 3.09. The third-order valence-corrected chi connectivity index (χ3v) is 4.51. The van der Waals surface area contributed by atoms with Gasteiger partial charge in [0.05, 0.1) is 6.42 Å². The first-order valence-electron chi connectivity index (χ1n) is 4.74. The van der Waals surface area contributed by atoms with Crippen LogP contribution < -0.4 is 0 Å². The predicted molar refractivity (Wildman–Crippen MR) is 82.3 cm³/mol. The quantitative estimate of drug-likeness (QED) is 0.837. The average Bonchev–Trinajstić information content (AvgIpc) is 2.27. The van der Waals surface area contributed by atoms with Crippen LogP contribution in [0.25, 0.3) is 0 Å². The molecule has 2 nitrogen and oxygen atoms in total. The molecule has 1 N–H and O–H groups in total. The molecule has 6 heteroatoms. The van der Waals surface area contributed by atoms with Crippen LogP contribution in [0, 0.1) is 0 Å². The Labute approximate surface area is 121 Å². The van der Waals surface area contributed by atoms with Crippen molar-refractivity contribution in [2.45, 2.75) is 12.2 Å². The number of halogens is 1. The Balaban J connectivity index is 0.00000256. The van der Waals surface area contributed by atoms with Crippen LogP contribution in [0.3, 0.4) is 0 Å². The lowest BCUT2D eigenvalue weighted by molar-refractivity contribution is -0.136. The molecule has 1 rings (SSSR count). The topological polar surface area (TPSA) is 37.3 Å². The molecule has 1 aromatic carbocycles. The summed E-state index contributed by atoms with van der Waals surface area (Å²) in [4.78, 5) is 10.3. The molecule has 0 atom stereocenters. The molecule has 0 bridgehead atoms. The summed E-state index contributed by atoms with van der Waals surface area (Å²) in [6.07, 6.45) is 0.163. The zero-order chi connectivity index (χ0) is 11.8. The summed E-state index contributed by atoms with van der Waals surface area (Å²) in [5, 5.41) is 8.47. The van der Waals surface area contributed by atoms with Crippen molar-refractivity contribution in [2.24, 2.45) is 0 Å². The van der Waals surface area contributed by atoms with Crippen molar-refractivity contribution in [1.82, 2.24) is 0 Å². The molecule has 0 saturated carbocycles. The lowest BCUT2D eigenvalue weighted by atomic mass is 10.2. The van der Waals surface area contributed by atoms with Crippen molar-refractivity contribution in [1.29, 1.82) is 0 Å². The Morgan fingerprint density at radius 2 is 1.88 bits per heavy atom. The highest BCUT2D eigenvalue weighted by atomic mass is 35.5. The van der Waals surface area contributed by atoms with Crippen LogP contribution in [0.5, 0.6) is 0 Å². The van der Waals surface area contributed by atoms with Gasteiger partial charge in [-0.25, -0.2) is 0 Å². The van der Waals surface area contributed by atoms with Gasteiger partial charge in [-0.1, -0.05) is 42.5 Å². The third-order valence-electron chi connectivity index (χ3n) is 1.74. The minimum Gasteiger partial charge on any atom is -0.481 e. The second kappa shape index (κ2) is 9.76. The van der Waals surface area contributed by atoms with E-state index in [0.29, 0.717) is 5.75 Å². The van der Waals surface area contributed by atoms with Gasteiger partial charge in [0.25, 0.3) is 0 Å². The zero-order valence-corrected chi connectivity index (χ0v) is 12.3. The van der Waals surface area contributed by atoms with E-state index in [1.165, 1.54) is 17.3 Å². The molecular formula is C11H13ClO2S3. The number of carboxylic acid groups (broad SMARTS) is 1. The van der Waals surface area contributed by atoms with E-state index in [2.05, 4.69) is 12.1 Å². The predicted octanol–water partition coefficient (Wildman–Crippen LogP) is 3.83. The lowest BCUT2D eigenvalue weighted by Crippen LogP contribution is -1.97. The number of hydrogen-bond donors (Lipinski definition) is 1. The molecule has 0 unspecified atom stereocenters. The Hall–Kier alpha value is -0.230. The van der Waals surface area contributed by atoms with Gasteiger partial charge in [0.2, 0.25) is 0 Å². The number of aliphatic carboxylic acids is 1. The Kier molecular flexibility index (Phi) is 9.63. The van der Waals surface area contributed by atoms with Crippen molar-refractivity contribution < 1.29 is 9.90 Å². The van der Waals surface area contributed by atoms with Gasteiger partial charge in [-0.05, 0) is 5.56 Å². The minimum atomic E-state index is -0.775. The molecule has 0 fully saturated rings. The molecule has 0 aliphatic carbocycles. The first kappa shape index (κ1) is 16.8. The van der Waals surface area contributed by atoms with Gasteiger partial charge < -0.3 is 5.11 Å². The fraction of sp³-hybridized carbons (Fsp3) is 0.273. The normalized spacial score (nSPS) is 9.41. The van der Waals surface area contributed by atoms with E-state index >= 15 is 0 Å². The van der Waals surface area contributed by atoms with Crippen molar-refractivity contribution in [3.05, 3.63) is 35.9 Å². The van der Waals surface area contributed by atoms with Crippen molar-refractivity contribution in [3.8, 4) is 0 Å². The van der Waals surface area contributed by atoms with Crippen molar-refractivity contribution in [3.63, 3.8) is 0 Å². The zero-order valence-electron chi connectivity index (χ0n) is 9.00. The van der Waals surface area contributed by atoms with Gasteiger partial charge >= 0.3 is 5.97 Å². The molecule has 1 aromatic rings. The molecule has 0 spiro atoms. The van der Waals surface area contributed by atoms with Crippen LogP contribution in [-0.2, 0) is 10.5 Å². The molecule has 0 aromatic heterocycles. The molecule has 17 heavy (non-hydrogen) atoms. The molecule has 0 saturated heterocycles. The molecule has 0 aliphatic heterocycles. The van der Waals surface area contributed by atoms with Gasteiger partial charge in [0.15, 0.2) is 0 Å². The summed E-state index contributed by atoms with van der Waals surface area (Å²) in [6.45, 7) is 0. The molecule has 94 valence electrons. The summed E-state index contributed by atoms with van der Waals surface area (Å²) in [6, 6.07) is 10.1. The SMILES string of the molecule is Cl.O=C(O)CCSC(=S)SCc1ccccc1. The van der Waals surface area contributed by atoms with Gasteiger partial charge in [0.1, 0.15) is 3.53 Å². The highest BCUT2D eigenvalue weighted by Gasteiger charge is 2.02. The maximum Gasteiger partial charge on any atom is 0.304 e. The molecule has 0 amide bonds. The van der Waals surface area contributed by atoms with Crippen molar-refractivity contribution in [2.75, 3.05) is 5.75 Å². The number of hydrogen-bond acceptors (Lipinski definition) is 4. The highest BCUT2D eigenvalue weighted by molar-refractivity contribution is 8.46. The van der Waals surface area contributed by atoms with Gasteiger partial charge in [-0.15, -0.1) is 35.9 Å². The van der Waals surface area contributed by atoms with E-state index in [9.17, 15) is 4.79 Å². The summed E-state index contributed by atoms with van der Waals surface area (Å²) in [5.41, 5.74) is 1.23. The van der Waals surface area contributed by atoms with Crippen molar-refractivity contribution >= 4 is 57.6 Å². The largest absolute Gasteiger partial charge is 0.481 e. The summed E-state index contributed by atoms with van der Waals surface area (Å²) >= 11 is 8.16. The van der Waals surface area contributed by atoms with Crippen LogP contribution >= 0.6 is 48.1 Å². The Morgan fingerprint density at radius 1 is 1.24 bits per heavy atom. The number of rotatable bonds is 5. The summed E-state index contributed by atoms with van der Waals surface area (Å²) in [5.74, 6) is 0.624. The molecule has 0 aliphatic rings. The summed E-state index contributed by atoms with van der Waals surface area (Å²) in [7, 11) is 0. The fourth-order valence-electron chi connectivity index (χ4n) is 0.980. The van der Waals surface area contributed by atoms with Crippen LogP contribution in [-0.4, -0.2) is 20.4 Å². The molecule has 0 radical (unpaired) electrons. The second-order valence-corrected chi connectivity index (χ2v) is 6.29. The third kappa shape index (κ3) is 8.49. The van der Waals surface area contributed by atoms with Crippen LogP contribution in [0.1, 0.15) is 12.0 Å². The second-order valence-electron chi connectivity index (χ2n) is 3.02. The molecular weight excluding hydrogens is 296 g/mol. The standard InChI is InChI=1S/C11H12O2S3.ClH/c12-10(13)6-7-15-11(14)16-8-9-4-2-1-3-5-9;/h1-5H,6-8H2,(H,12,13);1H. The summed E-state index contributed by atoms with van der Waals surface area (Å²) < 4.78 is 0.810. The smallest absolute Gasteiger partial charge is 0.304 e. The van der Waals surface area contributed by atoms with Gasteiger partial charge in [0, 0.05) is 11.5 Å². The maximum atomic E-state index is 10.3. The number of thioether (sulfide) groups is 2. The van der Waals surface area contributed by atoms with E-state index in [0.717, 1.165) is 9.28 Å². The van der Waals surface area contributed by atoms with Gasteiger partial charge in [-0.2, -0.15) is 0 Å². The minimum absolute atomic E-state index is 0. The number of benzene rings is 1. The molecule has 0 heterocycles. The van der Waals surface area contributed by atoms with Crippen LogP contribution in [0.15, 0.2) is 30.3 Å². The number of carbonyl (C=O) groups is 1. The lowest BCUT2D eigenvalue weighted by Gasteiger charge is -2.02. The first-order chi connectivity index (χ1) is 7.68. The van der Waals surface area contributed by atoms with E-state index in [4.69, 9.17) is 17.3 Å². The van der Waals surface area contributed by atoms with E-state index < -0.39 is 5.97 Å². The Bertz CT molecular complexity index is 357. The number of carboxylic acids is 1. The van der Waals surface area contributed by atoms with E-state index in [-0.39, 0.29) is 18.8 Å². The Morgan fingerprint density at radius 3 is 2.47 bits per heavy atom. The van der Waals surface area contributed by atoms with E-state index in [1.807, 2.05) is 18.2 Å². The van der Waals surface area contributed by atoms with Crippen LogP contribution in [0.4, 0.5) is 0 Å².